The number of nitrogens with zero attached hydrogens (tertiary/aromatic N) is 1. The summed E-state index contributed by atoms with van der Waals surface area (Å²) in [5.41, 5.74) is 1.33. The second-order valence-corrected chi connectivity index (χ2v) is 4.85. The molecular weight excluding hydrogens is 292 g/mol. The van der Waals surface area contributed by atoms with Crippen LogP contribution in [0.3, 0.4) is 0 Å². The number of unbranched alkanes of at least 4 members (excludes halogenated alkanes) is 1. The molecule has 0 radical (unpaired) electrons. The molecule has 1 amide bonds. The molecule has 0 heterocycles. The number of hydrogen-bond donors (Lipinski definition) is 2. The van der Waals surface area contributed by atoms with Crippen LogP contribution in [0.1, 0.15) is 18.4 Å². The number of carboxylic acid groups (broad SMARTS) is 1. The Balaban J connectivity index is 0.00000400. The van der Waals surface area contributed by atoms with Crippen molar-refractivity contribution in [3.05, 3.63) is 35.9 Å². The highest BCUT2D eigenvalue weighted by molar-refractivity contribution is 5.85. The molecule has 0 saturated carbocycles. The van der Waals surface area contributed by atoms with E-state index in [1.165, 1.54) is 5.56 Å². The molecule has 0 aliphatic heterocycles. The van der Waals surface area contributed by atoms with Crippen molar-refractivity contribution < 1.29 is 14.7 Å². The molecule has 0 spiro atoms. The summed E-state index contributed by atoms with van der Waals surface area (Å²) >= 11 is 0. The van der Waals surface area contributed by atoms with Gasteiger partial charge in [0.05, 0.1) is 6.54 Å². The maximum atomic E-state index is 11.4. The number of carbonyl (C=O) groups is 2. The number of rotatable bonds is 9. The van der Waals surface area contributed by atoms with Gasteiger partial charge < -0.3 is 10.4 Å². The Morgan fingerprint density at radius 1 is 1.19 bits per heavy atom. The first kappa shape index (κ1) is 19.4. The molecule has 21 heavy (non-hydrogen) atoms. The zero-order valence-electron chi connectivity index (χ0n) is 12.2. The first-order chi connectivity index (χ1) is 9.58. The summed E-state index contributed by atoms with van der Waals surface area (Å²) in [4.78, 5) is 23.6. The topological polar surface area (TPSA) is 69.6 Å². The number of carboxylic acids is 1. The van der Waals surface area contributed by atoms with Crippen molar-refractivity contribution in [2.75, 3.05) is 26.7 Å². The molecule has 0 saturated heterocycles. The summed E-state index contributed by atoms with van der Waals surface area (Å²) in [6.45, 7) is 0.743. The van der Waals surface area contributed by atoms with E-state index in [2.05, 4.69) is 17.4 Å². The van der Waals surface area contributed by atoms with Gasteiger partial charge in [-0.3, -0.25) is 14.5 Å². The van der Waals surface area contributed by atoms with Crippen molar-refractivity contribution >= 4 is 24.3 Å². The van der Waals surface area contributed by atoms with Gasteiger partial charge in [-0.15, -0.1) is 12.4 Å². The number of aryl methyl sites for hydroxylation is 1. The number of carbonyl (C=O) groups excluding carboxylic acids is 1. The summed E-state index contributed by atoms with van der Waals surface area (Å²) in [6, 6.07) is 10.3. The molecule has 0 fully saturated rings. The third-order valence-electron chi connectivity index (χ3n) is 2.95. The van der Waals surface area contributed by atoms with Gasteiger partial charge in [-0.2, -0.15) is 0 Å². The average molecular weight is 315 g/mol. The van der Waals surface area contributed by atoms with Gasteiger partial charge in [0.1, 0.15) is 6.54 Å². The van der Waals surface area contributed by atoms with Gasteiger partial charge in [0.15, 0.2) is 0 Å². The summed E-state index contributed by atoms with van der Waals surface area (Å²) in [7, 11) is 1.86. The maximum Gasteiger partial charge on any atom is 0.322 e. The standard InChI is InChI=1S/C15H22N2O3.ClH/c1-17(12-14(18)16-11-15(19)20)10-6-5-9-13-7-3-2-4-8-13;/h2-4,7-8H,5-6,9-12H2,1H3,(H,16,18)(H,19,20);1H. The Morgan fingerprint density at radius 2 is 1.86 bits per heavy atom. The number of hydrogen-bond acceptors (Lipinski definition) is 3. The molecule has 0 unspecified atom stereocenters. The van der Waals surface area contributed by atoms with Crippen molar-refractivity contribution in [2.45, 2.75) is 19.3 Å². The molecule has 0 aliphatic carbocycles. The number of benzene rings is 1. The normalized spacial score (nSPS) is 10.0. The predicted octanol–water partition coefficient (Wildman–Crippen LogP) is 1.56. The summed E-state index contributed by atoms with van der Waals surface area (Å²) in [6.07, 6.45) is 3.13. The number of likely N-dealkylation sites (N-methyl/N-ethyl adjacent to an activating group) is 1. The van der Waals surface area contributed by atoms with Crippen LogP contribution in [-0.4, -0.2) is 48.6 Å². The van der Waals surface area contributed by atoms with Crippen molar-refractivity contribution in [2.24, 2.45) is 0 Å². The van der Waals surface area contributed by atoms with E-state index in [1.54, 1.807) is 0 Å². The Bertz CT molecular complexity index is 426. The smallest absolute Gasteiger partial charge is 0.322 e. The van der Waals surface area contributed by atoms with E-state index in [9.17, 15) is 9.59 Å². The molecule has 6 heteroatoms. The van der Waals surface area contributed by atoms with Gasteiger partial charge in [0.2, 0.25) is 5.91 Å². The predicted molar refractivity (Wildman–Crippen MR) is 84.8 cm³/mol. The lowest BCUT2D eigenvalue weighted by Crippen LogP contribution is -2.38. The highest BCUT2D eigenvalue weighted by Gasteiger charge is 2.07. The number of amides is 1. The summed E-state index contributed by atoms with van der Waals surface area (Å²) < 4.78 is 0. The molecule has 0 atom stereocenters. The lowest BCUT2D eigenvalue weighted by Gasteiger charge is -2.15. The van der Waals surface area contributed by atoms with E-state index in [1.807, 2.05) is 30.1 Å². The second kappa shape index (κ2) is 11.1. The van der Waals surface area contributed by atoms with E-state index < -0.39 is 5.97 Å². The van der Waals surface area contributed by atoms with Crippen LogP contribution in [0.2, 0.25) is 0 Å². The van der Waals surface area contributed by atoms with Gasteiger partial charge in [-0.1, -0.05) is 30.3 Å². The van der Waals surface area contributed by atoms with E-state index in [4.69, 9.17) is 5.11 Å². The minimum absolute atomic E-state index is 0. The summed E-state index contributed by atoms with van der Waals surface area (Å²) in [5.74, 6) is -1.28. The second-order valence-electron chi connectivity index (χ2n) is 4.85. The van der Waals surface area contributed by atoms with E-state index in [0.29, 0.717) is 0 Å². The van der Waals surface area contributed by atoms with Crippen LogP contribution >= 0.6 is 12.4 Å². The SMILES string of the molecule is CN(CCCCc1ccccc1)CC(=O)NCC(=O)O.Cl. The fourth-order valence-electron chi connectivity index (χ4n) is 1.91. The monoisotopic (exact) mass is 314 g/mol. The minimum atomic E-state index is -1.02. The Morgan fingerprint density at radius 3 is 2.48 bits per heavy atom. The zero-order chi connectivity index (χ0) is 14.8. The molecule has 118 valence electrons. The quantitative estimate of drug-likeness (QED) is 0.679. The van der Waals surface area contributed by atoms with Crippen molar-refractivity contribution in [3.8, 4) is 0 Å². The Labute approximate surface area is 131 Å². The lowest BCUT2D eigenvalue weighted by molar-refractivity contribution is -0.138. The fourth-order valence-corrected chi connectivity index (χ4v) is 1.91. The molecule has 1 aromatic rings. The molecule has 0 aromatic heterocycles. The first-order valence-electron chi connectivity index (χ1n) is 6.79. The zero-order valence-corrected chi connectivity index (χ0v) is 13.1. The van der Waals surface area contributed by atoms with Gasteiger partial charge in [0, 0.05) is 0 Å². The first-order valence-corrected chi connectivity index (χ1v) is 6.79. The Hall–Kier alpha value is -1.59. The largest absolute Gasteiger partial charge is 0.480 e. The highest BCUT2D eigenvalue weighted by Crippen LogP contribution is 2.04. The van der Waals surface area contributed by atoms with Crippen LogP contribution in [0, 0.1) is 0 Å². The van der Waals surface area contributed by atoms with E-state index in [0.717, 1.165) is 25.8 Å². The van der Waals surface area contributed by atoms with Crippen LogP contribution in [0.15, 0.2) is 30.3 Å². The van der Waals surface area contributed by atoms with Gasteiger partial charge in [-0.05, 0) is 38.4 Å². The third-order valence-corrected chi connectivity index (χ3v) is 2.95. The molecule has 5 nitrogen and oxygen atoms in total. The molecule has 0 bridgehead atoms. The fraction of sp³-hybridized carbons (Fsp3) is 0.467. The highest BCUT2D eigenvalue weighted by atomic mass is 35.5. The number of halogens is 1. The molecule has 1 aromatic carbocycles. The van der Waals surface area contributed by atoms with E-state index >= 15 is 0 Å². The van der Waals surface area contributed by atoms with Crippen LogP contribution < -0.4 is 5.32 Å². The number of nitrogens with one attached hydrogen (secondary N) is 1. The maximum absolute atomic E-state index is 11.4. The van der Waals surface area contributed by atoms with Crippen molar-refractivity contribution in [3.63, 3.8) is 0 Å². The Kier molecular flexibility index (Phi) is 10.3. The third kappa shape index (κ3) is 9.87. The lowest BCUT2D eigenvalue weighted by atomic mass is 10.1. The van der Waals surface area contributed by atoms with Crippen LogP contribution in [0.5, 0.6) is 0 Å². The summed E-state index contributed by atoms with van der Waals surface area (Å²) in [5, 5.41) is 10.8. The molecule has 0 aliphatic rings. The average Bonchev–Trinajstić information content (AvgIpc) is 2.42. The molecule has 1 rings (SSSR count). The van der Waals surface area contributed by atoms with Crippen LogP contribution in [0.25, 0.3) is 0 Å². The minimum Gasteiger partial charge on any atom is -0.480 e. The number of aliphatic carboxylic acids is 1. The molecular formula is C15H23ClN2O3. The van der Waals surface area contributed by atoms with Gasteiger partial charge in [0.25, 0.3) is 0 Å². The van der Waals surface area contributed by atoms with E-state index in [-0.39, 0.29) is 31.4 Å². The van der Waals surface area contributed by atoms with Crippen LogP contribution in [0.4, 0.5) is 0 Å². The van der Waals surface area contributed by atoms with Crippen molar-refractivity contribution in [1.29, 1.82) is 0 Å². The van der Waals surface area contributed by atoms with Crippen molar-refractivity contribution in [1.82, 2.24) is 10.2 Å². The van der Waals surface area contributed by atoms with Crippen LogP contribution in [-0.2, 0) is 16.0 Å². The molecule has 2 N–H and O–H groups in total. The van der Waals surface area contributed by atoms with Gasteiger partial charge >= 0.3 is 5.97 Å². The van der Waals surface area contributed by atoms with Gasteiger partial charge in [-0.25, -0.2) is 0 Å².